The fourth-order valence-electron chi connectivity index (χ4n) is 2.83. The molecule has 0 aliphatic heterocycles. The number of aliphatic carboxylic acids is 1. The second-order valence-corrected chi connectivity index (χ2v) is 8.56. The van der Waals surface area contributed by atoms with Gasteiger partial charge in [-0.05, 0) is 30.5 Å². The van der Waals surface area contributed by atoms with Crippen LogP contribution in [0.15, 0.2) is 48.5 Å². The molecule has 2 amide bonds. The number of carboxylic acids is 1. The minimum atomic E-state index is -3.75. The topological polar surface area (TPSA) is 125 Å². The Kier molecular flexibility index (Phi) is 6.99. The number of carbonyl (C=O) groups is 2. The molecule has 0 heterocycles. The summed E-state index contributed by atoms with van der Waals surface area (Å²) in [5.74, 6) is -1.31. The van der Waals surface area contributed by atoms with E-state index in [0.717, 1.165) is 23.8 Å². The van der Waals surface area contributed by atoms with Crippen molar-refractivity contribution in [2.24, 2.45) is 0 Å². The first-order valence-electron chi connectivity index (χ1n) is 9.04. The number of rotatable bonds is 8. The molecule has 29 heavy (non-hydrogen) atoms. The van der Waals surface area contributed by atoms with Gasteiger partial charge in [0.05, 0.1) is 11.9 Å². The second-order valence-electron chi connectivity index (χ2n) is 6.81. The van der Waals surface area contributed by atoms with Crippen molar-refractivity contribution in [3.8, 4) is 11.1 Å². The minimum Gasteiger partial charge on any atom is -0.480 e. The van der Waals surface area contributed by atoms with E-state index >= 15 is 0 Å². The van der Waals surface area contributed by atoms with Crippen LogP contribution in [-0.4, -0.2) is 38.3 Å². The van der Waals surface area contributed by atoms with E-state index in [2.05, 4.69) is 15.4 Å². The maximum Gasteiger partial charge on any atom is 0.329 e. The molecule has 0 fully saturated rings. The quantitative estimate of drug-likeness (QED) is 0.524. The number of anilines is 1. The van der Waals surface area contributed by atoms with E-state index < -0.39 is 21.5 Å². The first-order chi connectivity index (χ1) is 13.6. The molecule has 9 heteroatoms. The zero-order chi connectivity index (χ0) is 21.7. The van der Waals surface area contributed by atoms with Crippen LogP contribution in [0.25, 0.3) is 11.1 Å². The van der Waals surface area contributed by atoms with Crippen molar-refractivity contribution in [2.75, 3.05) is 18.1 Å². The minimum absolute atomic E-state index is 0.283. The van der Waals surface area contributed by atoms with Gasteiger partial charge in [0.15, 0.2) is 5.54 Å². The van der Waals surface area contributed by atoms with Crippen LogP contribution < -0.4 is 15.4 Å². The Hall–Kier alpha value is -2.91. The summed E-state index contributed by atoms with van der Waals surface area (Å²) in [6.45, 7) is 3.81. The predicted octanol–water partition coefficient (Wildman–Crippen LogP) is 2.73. The molecule has 156 valence electrons. The smallest absolute Gasteiger partial charge is 0.329 e. The lowest BCUT2D eigenvalue weighted by Gasteiger charge is -2.26. The van der Waals surface area contributed by atoms with Crippen LogP contribution in [0, 0.1) is 0 Å². The third kappa shape index (κ3) is 5.78. The Morgan fingerprint density at radius 3 is 2.24 bits per heavy atom. The Labute approximate surface area is 170 Å². The number of nitrogens with one attached hydrogen (secondary N) is 3. The Balaban J connectivity index is 2.35. The molecule has 4 N–H and O–H groups in total. The van der Waals surface area contributed by atoms with Crippen molar-refractivity contribution in [1.82, 2.24) is 10.0 Å². The largest absolute Gasteiger partial charge is 0.480 e. The van der Waals surface area contributed by atoms with Crippen LogP contribution in [0.3, 0.4) is 0 Å². The molecular formula is C20H25N3O5S. The summed E-state index contributed by atoms with van der Waals surface area (Å²) < 4.78 is 25.4. The summed E-state index contributed by atoms with van der Waals surface area (Å²) in [6.07, 6.45) is 1.73. The second kappa shape index (κ2) is 9.06. The third-order valence-corrected chi connectivity index (χ3v) is 5.08. The highest BCUT2D eigenvalue weighted by atomic mass is 32.2. The maximum absolute atomic E-state index is 12.0. The van der Waals surface area contributed by atoms with Crippen LogP contribution in [0.4, 0.5) is 10.5 Å². The average Bonchev–Trinajstić information content (AvgIpc) is 2.65. The molecule has 1 unspecified atom stereocenters. The number of amides is 2. The Morgan fingerprint density at radius 2 is 1.69 bits per heavy atom. The first-order valence-corrected chi connectivity index (χ1v) is 10.9. The van der Waals surface area contributed by atoms with Crippen LogP contribution in [0.5, 0.6) is 0 Å². The normalized spacial score (nSPS) is 13.3. The standard InChI is InChI=1S/C20H25N3O5S/c1-4-13-21-19(26)22-17-8-6-5-7-16(17)14-9-11-15(12-10-14)20(2,18(24)25)23-29(3,27)28/h5-12,23H,4,13H2,1-3H3,(H,24,25)(H2,21,22,26). The van der Waals surface area contributed by atoms with Crippen molar-refractivity contribution in [2.45, 2.75) is 25.8 Å². The van der Waals surface area contributed by atoms with Crippen molar-refractivity contribution >= 4 is 27.7 Å². The SMILES string of the molecule is CCCNC(=O)Nc1ccccc1-c1ccc(C(C)(NS(C)(=O)=O)C(=O)O)cc1. The number of benzene rings is 2. The molecule has 8 nitrogen and oxygen atoms in total. The van der Waals surface area contributed by atoms with Crippen molar-refractivity contribution < 1.29 is 23.1 Å². The molecule has 2 aromatic carbocycles. The lowest BCUT2D eigenvalue weighted by Crippen LogP contribution is -2.49. The van der Waals surface area contributed by atoms with Crippen LogP contribution in [-0.2, 0) is 20.4 Å². The van der Waals surface area contributed by atoms with Crippen LogP contribution in [0.1, 0.15) is 25.8 Å². The fourth-order valence-corrected chi connectivity index (χ4v) is 3.78. The number of carbonyl (C=O) groups excluding carboxylic acids is 1. The molecule has 0 saturated heterocycles. The van der Waals surface area contributed by atoms with Gasteiger partial charge >= 0.3 is 12.0 Å². The average molecular weight is 420 g/mol. The molecule has 0 saturated carbocycles. The van der Waals surface area contributed by atoms with Gasteiger partial charge in [0.2, 0.25) is 10.0 Å². The van der Waals surface area contributed by atoms with Crippen LogP contribution in [0.2, 0.25) is 0 Å². The highest BCUT2D eigenvalue weighted by molar-refractivity contribution is 7.88. The molecule has 0 spiro atoms. The number of urea groups is 1. The van der Waals surface area contributed by atoms with E-state index in [-0.39, 0.29) is 11.6 Å². The summed E-state index contributed by atoms with van der Waals surface area (Å²) in [7, 11) is -3.75. The van der Waals surface area contributed by atoms with E-state index in [1.807, 2.05) is 19.1 Å². The van der Waals surface area contributed by atoms with Crippen molar-refractivity contribution in [3.63, 3.8) is 0 Å². The van der Waals surface area contributed by atoms with Gasteiger partial charge in [-0.1, -0.05) is 49.4 Å². The van der Waals surface area contributed by atoms with E-state index in [1.165, 1.54) is 6.92 Å². The number of para-hydroxylation sites is 1. The zero-order valence-electron chi connectivity index (χ0n) is 16.5. The van der Waals surface area contributed by atoms with E-state index in [0.29, 0.717) is 12.2 Å². The molecule has 2 rings (SSSR count). The van der Waals surface area contributed by atoms with Crippen molar-refractivity contribution in [1.29, 1.82) is 0 Å². The molecule has 0 radical (unpaired) electrons. The monoisotopic (exact) mass is 419 g/mol. The lowest BCUT2D eigenvalue weighted by atomic mass is 9.91. The molecular weight excluding hydrogens is 394 g/mol. The summed E-state index contributed by atoms with van der Waals surface area (Å²) in [4.78, 5) is 23.7. The Bertz CT molecular complexity index is 989. The number of carboxylic acid groups (broad SMARTS) is 1. The molecule has 0 aromatic heterocycles. The van der Waals surface area contributed by atoms with Crippen LogP contribution >= 0.6 is 0 Å². The highest BCUT2D eigenvalue weighted by Gasteiger charge is 2.38. The summed E-state index contributed by atoms with van der Waals surface area (Å²) in [5.41, 5.74) is 0.574. The maximum atomic E-state index is 12.0. The van der Waals surface area contributed by atoms with Gasteiger partial charge in [-0.15, -0.1) is 0 Å². The lowest BCUT2D eigenvalue weighted by molar-refractivity contribution is -0.143. The summed E-state index contributed by atoms with van der Waals surface area (Å²) in [5, 5.41) is 15.1. The van der Waals surface area contributed by atoms with Gasteiger partial charge in [0, 0.05) is 12.1 Å². The third-order valence-electron chi connectivity index (χ3n) is 4.30. The summed E-state index contributed by atoms with van der Waals surface area (Å²) >= 11 is 0. The van der Waals surface area contributed by atoms with Gasteiger partial charge in [-0.3, -0.25) is 0 Å². The van der Waals surface area contributed by atoms with Gasteiger partial charge in [-0.25, -0.2) is 18.0 Å². The van der Waals surface area contributed by atoms with E-state index in [1.54, 1.807) is 36.4 Å². The number of hydrogen-bond donors (Lipinski definition) is 4. The molecule has 1 atom stereocenters. The van der Waals surface area contributed by atoms with Crippen molar-refractivity contribution in [3.05, 3.63) is 54.1 Å². The molecule has 0 aliphatic carbocycles. The van der Waals surface area contributed by atoms with Gasteiger partial charge in [-0.2, -0.15) is 4.72 Å². The number of hydrogen-bond acceptors (Lipinski definition) is 4. The zero-order valence-corrected chi connectivity index (χ0v) is 17.3. The molecule has 0 aliphatic rings. The molecule has 0 bridgehead atoms. The van der Waals surface area contributed by atoms with Gasteiger partial charge in [0.1, 0.15) is 0 Å². The van der Waals surface area contributed by atoms with Gasteiger partial charge in [0.25, 0.3) is 0 Å². The Morgan fingerprint density at radius 1 is 1.07 bits per heavy atom. The fraction of sp³-hybridized carbons (Fsp3) is 0.300. The summed E-state index contributed by atoms with van der Waals surface area (Å²) in [6, 6.07) is 13.4. The molecule has 2 aromatic rings. The highest BCUT2D eigenvalue weighted by Crippen LogP contribution is 2.30. The predicted molar refractivity (Wildman–Crippen MR) is 112 cm³/mol. The van der Waals surface area contributed by atoms with E-state index in [4.69, 9.17) is 0 Å². The van der Waals surface area contributed by atoms with Gasteiger partial charge < -0.3 is 15.7 Å². The van der Waals surface area contributed by atoms with E-state index in [9.17, 15) is 23.1 Å². The first kappa shape index (κ1) is 22.4. The number of sulfonamides is 1.